The number of ether oxygens (including phenoxy) is 6. The normalized spacial score (nSPS) is 18.3. The minimum Gasteiger partial charge on any atom is -0.491 e. The lowest BCUT2D eigenvalue weighted by Gasteiger charge is -2.24. The highest BCUT2D eigenvalue weighted by Crippen LogP contribution is 2.55. The first-order valence-corrected chi connectivity index (χ1v) is 21.8. The number of methoxy groups -OCH3 is 2. The zero-order chi connectivity index (χ0) is 50.2. The standard InChI is InChI=1S/C23H30F2N2O6.C12H11F3O4.C11H20N2O2/c1-6-32-17(29)10-15(28)13-9-14(24)19(20(31-5)18(13)25)27-11-16(23(12-27)7-8-23)26-21(30)33-22(2,3)4;1-3-19-9(17)5-8(16)6-4-7(13)11(15)12(18-2)10(6)14;1-10(2,3)15-9(14)13-8-6-12-7-11(8)4-5-11/h9,16H,6-8,10-12H2,1-5H3,(H,26,30);4H,3,5H2,1-2H3;8,12H,4-7H2,1-3H3,(H,13,14)/t16-;;8-/m1.1/s1. The van der Waals surface area contributed by atoms with Crippen LogP contribution in [0.15, 0.2) is 12.1 Å². The second-order valence-corrected chi connectivity index (χ2v) is 18.6. The lowest BCUT2D eigenvalue weighted by molar-refractivity contribution is -0.143. The minimum absolute atomic E-state index is 0.0513. The summed E-state index contributed by atoms with van der Waals surface area (Å²) in [5.41, 5.74) is -2.45. The molecule has 2 saturated carbocycles. The van der Waals surface area contributed by atoms with Crippen molar-refractivity contribution in [2.45, 2.75) is 117 Å². The Labute approximate surface area is 386 Å². The molecule has 0 aromatic heterocycles. The van der Waals surface area contributed by atoms with Gasteiger partial charge in [-0.15, -0.1) is 0 Å². The van der Waals surface area contributed by atoms with Crippen molar-refractivity contribution in [3.63, 3.8) is 0 Å². The number of halogens is 5. The van der Waals surface area contributed by atoms with Crippen molar-refractivity contribution in [2.75, 3.05) is 58.5 Å². The molecule has 67 heavy (non-hydrogen) atoms. The summed E-state index contributed by atoms with van der Waals surface area (Å²) in [4.78, 5) is 72.1. The van der Waals surface area contributed by atoms with E-state index in [9.17, 15) is 41.9 Å². The molecule has 2 atom stereocenters. The van der Waals surface area contributed by atoms with Crippen molar-refractivity contribution in [3.8, 4) is 11.5 Å². The Morgan fingerprint density at radius 2 is 1.12 bits per heavy atom. The van der Waals surface area contributed by atoms with Gasteiger partial charge in [-0.05, 0) is 93.2 Å². The number of esters is 2. The molecule has 2 aliphatic carbocycles. The van der Waals surface area contributed by atoms with Crippen LogP contribution in [0.4, 0.5) is 37.2 Å². The van der Waals surface area contributed by atoms with E-state index < -0.39 is 105 Å². The van der Waals surface area contributed by atoms with Crippen LogP contribution < -0.4 is 30.3 Å². The van der Waals surface area contributed by atoms with Gasteiger partial charge in [0.1, 0.15) is 29.7 Å². The lowest BCUT2D eigenvalue weighted by atomic mass is 10.0. The van der Waals surface area contributed by atoms with E-state index in [0.29, 0.717) is 18.0 Å². The lowest BCUT2D eigenvalue weighted by Crippen LogP contribution is -2.44. The monoisotopic (exact) mass is 956 g/mol. The van der Waals surface area contributed by atoms with E-state index >= 15 is 8.78 Å². The van der Waals surface area contributed by atoms with Crippen molar-refractivity contribution < 1.29 is 79.1 Å². The summed E-state index contributed by atoms with van der Waals surface area (Å²) < 4.78 is 99.7. The molecule has 3 N–H and O–H groups in total. The summed E-state index contributed by atoms with van der Waals surface area (Å²) in [6.07, 6.45) is 1.77. The minimum atomic E-state index is -1.53. The average Bonchev–Trinajstić information content (AvgIpc) is 4.10. The molecule has 372 valence electrons. The van der Waals surface area contributed by atoms with Crippen molar-refractivity contribution in [1.82, 2.24) is 16.0 Å². The van der Waals surface area contributed by atoms with Gasteiger partial charge in [-0.1, -0.05) is 0 Å². The zero-order valence-corrected chi connectivity index (χ0v) is 39.5. The summed E-state index contributed by atoms with van der Waals surface area (Å²) in [5.74, 6) is -11.3. The Morgan fingerprint density at radius 3 is 1.55 bits per heavy atom. The van der Waals surface area contributed by atoms with E-state index in [1.165, 1.54) is 26.9 Å². The molecule has 2 amide bonds. The molecule has 0 unspecified atom stereocenters. The number of hydrogen-bond donors (Lipinski definition) is 3. The van der Waals surface area contributed by atoms with Crippen LogP contribution in [-0.4, -0.2) is 113 Å². The van der Waals surface area contributed by atoms with Gasteiger partial charge in [0, 0.05) is 37.0 Å². The smallest absolute Gasteiger partial charge is 0.407 e. The molecule has 2 aliphatic heterocycles. The van der Waals surface area contributed by atoms with Gasteiger partial charge in [-0.25, -0.2) is 27.2 Å². The van der Waals surface area contributed by atoms with E-state index in [1.54, 1.807) is 32.6 Å². The van der Waals surface area contributed by atoms with E-state index in [-0.39, 0.29) is 49.0 Å². The maximum atomic E-state index is 15.2. The molecule has 0 radical (unpaired) electrons. The number of amides is 2. The van der Waals surface area contributed by atoms with Crippen LogP contribution in [0.25, 0.3) is 0 Å². The summed E-state index contributed by atoms with van der Waals surface area (Å²) in [5, 5.41) is 9.14. The number of carbonyl (C=O) groups is 6. The van der Waals surface area contributed by atoms with Gasteiger partial charge in [0.25, 0.3) is 0 Å². The summed E-state index contributed by atoms with van der Waals surface area (Å²) in [6, 6.07) is 1.11. The Morgan fingerprint density at radius 1 is 0.672 bits per heavy atom. The van der Waals surface area contributed by atoms with Crippen LogP contribution in [0.5, 0.6) is 11.5 Å². The largest absolute Gasteiger partial charge is 0.491 e. The molecule has 16 nitrogen and oxygen atoms in total. The number of carbonyl (C=O) groups excluding carboxylic acids is 6. The molecule has 4 fully saturated rings. The van der Waals surface area contributed by atoms with Gasteiger partial charge >= 0.3 is 24.1 Å². The van der Waals surface area contributed by atoms with Crippen LogP contribution >= 0.6 is 0 Å². The second-order valence-electron chi connectivity index (χ2n) is 18.6. The number of benzene rings is 2. The fourth-order valence-electron chi connectivity index (χ4n) is 7.72. The van der Waals surface area contributed by atoms with Gasteiger partial charge in [0.15, 0.2) is 46.3 Å². The van der Waals surface area contributed by atoms with Crippen molar-refractivity contribution >= 4 is 41.4 Å². The average molecular weight is 957 g/mol. The quantitative estimate of drug-likeness (QED) is 0.0459. The van der Waals surface area contributed by atoms with Crippen molar-refractivity contribution in [2.24, 2.45) is 10.8 Å². The molecule has 4 aliphatic rings. The highest BCUT2D eigenvalue weighted by Gasteiger charge is 2.57. The number of nitrogens with zero attached hydrogens (tertiary/aromatic N) is 1. The molecular weight excluding hydrogens is 896 g/mol. The number of nitrogens with one attached hydrogen (secondary N) is 3. The topological polar surface area (TPSA) is 197 Å². The molecule has 2 aromatic rings. The summed E-state index contributed by atoms with van der Waals surface area (Å²) in [7, 11) is 2.11. The SMILES string of the molecule is CC(C)(C)OC(=O)N[C@@H]1CNCC12CC2.CCOC(=O)CC(=O)c1cc(F)c(F)c(OC)c1F.CCOC(=O)CC(=O)c1cc(F)c(N2C[C@@H](NC(=O)OC(C)(C)C)C3(CC3)C2)c(OC)c1F. The van der Waals surface area contributed by atoms with Crippen LogP contribution in [0.2, 0.25) is 0 Å². The van der Waals surface area contributed by atoms with Gasteiger partial charge in [-0.3, -0.25) is 19.2 Å². The molecule has 2 spiro atoms. The van der Waals surface area contributed by atoms with Crippen molar-refractivity contribution in [3.05, 3.63) is 52.3 Å². The van der Waals surface area contributed by atoms with E-state index in [0.717, 1.165) is 39.1 Å². The third-order valence-corrected chi connectivity index (χ3v) is 11.2. The number of rotatable bonds is 13. The summed E-state index contributed by atoms with van der Waals surface area (Å²) >= 11 is 0. The third kappa shape index (κ3) is 14.1. The fraction of sp³-hybridized carbons (Fsp3) is 0.609. The number of hydrogen-bond acceptors (Lipinski definition) is 14. The van der Waals surface area contributed by atoms with Gasteiger partial charge in [-0.2, -0.15) is 4.39 Å². The summed E-state index contributed by atoms with van der Waals surface area (Å²) in [6.45, 7) is 16.7. The van der Waals surface area contributed by atoms with E-state index in [1.807, 2.05) is 20.8 Å². The first-order chi connectivity index (χ1) is 31.2. The molecule has 2 heterocycles. The number of alkyl carbamates (subject to hydrolysis) is 2. The first-order valence-electron chi connectivity index (χ1n) is 21.8. The van der Waals surface area contributed by atoms with Crippen LogP contribution in [0.3, 0.4) is 0 Å². The molecule has 21 heteroatoms. The maximum Gasteiger partial charge on any atom is 0.407 e. The molecular formula is C46H61F5N4O12. The number of Topliss-reactive ketones (excluding diaryl/α,β-unsaturated/α-hetero) is 2. The van der Waals surface area contributed by atoms with E-state index in [2.05, 4.69) is 25.4 Å². The predicted molar refractivity (Wildman–Crippen MR) is 232 cm³/mol. The highest BCUT2D eigenvalue weighted by atomic mass is 19.2. The molecule has 2 aromatic carbocycles. The number of anilines is 1. The zero-order valence-electron chi connectivity index (χ0n) is 39.5. The highest BCUT2D eigenvalue weighted by molar-refractivity contribution is 6.07. The molecule has 6 rings (SSSR count). The first kappa shape index (κ1) is 53.9. The molecule has 0 bridgehead atoms. The van der Waals surface area contributed by atoms with E-state index in [4.69, 9.17) is 18.9 Å². The Balaban J connectivity index is 0.000000243. The fourth-order valence-corrected chi connectivity index (χ4v) is 7.72. The maximum absolute atomic E-state index is 15.2. The van der Waals surface area contributed by atoms with Crippen molar-refractivity contribution in [1.29, 1.82) is 0 Å². The van der Waals surface area contributed by atoms with Crippen LogP contribution in [0, 0.1) is 39.9 Å². The van der Waals surface area contributed by atoms with Gasteiger partial charge in [0.05, 0.1) is 50.6 Å². The third-order valence-electron chi connectivity index (χ3n) is 11.2. The van der Waals surface area contributed by atoms with Crippen LogP contribution in [-0.2, 0) is 28.5 Å². The molecule has 2 saturated heterocycles. The van der Waals surface area contributed by atoms with Gasteiger partial charge < -0.3 is 49.3 Å². The Hall–Kier alpha value is -5.73. The Bertz CT molecular complexity index is 2190. The predicted octanol–water partition coefficient (Wildman–Crippen LogP) is 7.11. The second kappa shape index (κ2) is 21.9. The van der Waals surface area contributed by atoms with Gasteiger partial charge in [0.2, 0.25) is 5.82 Å². The Kier molecular flexibility index (Phi) is 17.6. The van der Waals surface area contributed by atoms with Crippen LogP contribution in [0.1, 0.15) is 115 Å². The number of ketones is 2.